The Morgan fingerprint density at radius 3 is 2.58 bits per heavy atom. The average Bonchev–Trinajstić information content (AvgIpc) is 2.58. The zero-order valence-corrected chi connectivity index (χ0v) is 7.94. The second-order valence-electron chi connectivity index (χ2n) is 3.60. The van der Waals surface area contributed by atoms with Crippen molar-refractivity contribution in [3.8, 4) is 0 Å². The lowest BCUT2D eigenvalue weighted by molar-refractivity contribution is -0.000233. The number of hydrogen-bond donors (Lipinski definition) is 1. The molecular formula is C10H14OS. The average molecular weight is 182 g/mol. The lowest BCUT2D eigenvalue weighted by Gasteiger charge is -2.31. The van der Waals surface area contributed by atoms with Gasteiger partial charge < -0.3 is 5.11 Å². The van der Waals surface area contributed by atoms with Crippen LogP contribution in [0.3, 0.4) is 0 Å². The molecule has 0 amide bonds. The number of rotatable bonds is 1. The summed E-state index contributed by atoms with van der Waals surface area (Å²) in [5.74, 6) is 0. The topological polar surface area (TPSA) is 20.2 Å². The first-order valence-electron chi connectivity index (χ1n) is 4.56. The van der Waals surface area contributed by atoms with Crippen LogP contribution in [0.2, 0.25) is 0 Å². The summed E-state index contributed by atoms with van der Waals surface area (Å²) in [7, 11) is 0. The molecule has 1 saturated carbocycles. The van der Waals surface area contributed by atoms with Crippen molar-refractivity contribution >= 4 is 11.3 Å². The van der Waals surface area contributed by atoms with Gasteiger partial charge in [-0.1, -0.05) is 19.3 Å². The van der Waals surface area contributed by atoms with Gasteiger partial charge in [-0.25, -0.2) is 0 Å². The molecule has 1 fully saturated rings. The van der Waals surface area contributed by atoms with Crippen LogP contribution in [0.1, 0.15) is 37.7 Å². The Labute approximate surface area is 77.0 Å². The third-order valence-electron chi connectivity index (χ3n) is 2.74. The molecule has 1 N–H and O–H groups in total. The molecule has 1 aromatic heterocycles. The van der Waals surface area contributed by atoms with Gasteiger partial charge in [0.05, 0.1) is 5.60 Å². The fraction of sp³-hybridized carbons (Fsp3) is 0.600. The first-order chi connectivity index (χ1) is 5.81. The molecule has 12 heavy (non-hydrogen) atoms. The van der Waals surface area contributed by atoms with Crippen molar-refractivity contribution in [3.05, 3.63) is 22.4 Å². The van der Waals surface area contributed by atoms with Crippen molar-refractivity contribution in [2.24, 2.45) is 0 Å². The molecule has 1 aliphatic rings. The van der Waals surface area contributed by atoms with E-state index in [1.807, 2.05) is 5.38 Å². The monoisotopic (exact) mass is 182 g/mol. The Bertz CT molecular complexity index is 234. The highest BCUT2D eigenvalue weighted by Crippen LogP contribution is 2.37. The summed E-state index contributed by atoms with van der Waals surface area (Å²) in [4.78, 5) is 0. The van der Waals surface area contributed by atoms with E-state index in [1.54, 1.807) is 11.3 Å². The van der Waals surface area contributed by atoms with Gasteiger partial charge in [0.15, 0.2) is 0 Å². The Hall–Kier alpha value is -0.340. The van der Waals surface area contributed by atoms with Crippen molar-refractivity contribution < 1.29 is 5.11 Å². The van der Waals surface area contributed by atoms with Crippen molar-refractivity contribution in [1.29, 1.82) is 0 Å². The third-order valence-corrected chi connectivity index (χ3v) is 3.42. The molecule has 1 nitrogen and oxygen atoms in total. The standard InChI is InChI=1S/C10H14OS/c11-10(5-2-1-3-6-10)9-4-7-12-8-9/h4,7-8,11H,1-3,5-6H2. The predicted molar refractivity (Wildman–Crippen MR) is 51.3 cm³/mol. The molecule has 1 heterocycles. The largest absolute Gasteiger partial charge is 0.385 e. The third kappa shape index (κ3) is 1.41. The Morgan fingerprint density at radius 2 is 2.00 bits per heavy atom. The van der Waals surface area contributed by atoms with Crippen LogP contribution in [-0.4, -0.2) is 5.11 Å². The highest BCUT2D eigenvalue weighted by Gasteiger charge is 2.30. The summed E-state index contributed by atoms with van der Waals surface area (Å²) in [6.45, 7) is 0. The molecule has 0 atom stereocenters. The molecular weight excluding hydrogens is 168 g/mol. The SMILES string of the molecule is OC1(c2ccsc2)CCCCC1. The van der Waals surface area contributed by atoms with E-state index in [1.165, 1.54) is 19.3 Å². The maximum atomic E-state index is 10.2. The minimum Gasteiger partial charge on any atom is -0.385 e. The molecule has 0 aliphatic heterocycles. The van der Waals surface area contributed by atoms with Gasteiger partial charge in [-0.2, -0.15) is 11.3 Å². The summed E-state index contributed by atoms with van der Waals surface area (Å²) in [6, 6.07) is 2.05. The van der Waals surface area contributed by atoms with Crippen molar-refractivity contribution in [2.75, 3.05) is 0 Å². The van der Waals surface area contributed by atoms with E-state index in [-0.39, 0.29) is 0 Å². The quantitative estimate of drug-likeness (QED) is 0.708. The fourth-order valence-electron chi connectivity index (χ4n) is 1.95. The van der Waals surface area contributed by atoms with Gasteiger partial charge in [0.25, 0.3) is 0 Å². The van der Waals surface area contributed by atoms with Crippen LogP contribution in [-0.2, 0) is 5.60 Å². The van der Waals surface area contributed by atoms with E-state index in [4.69, 9.17) is 0 Å². The fourth-order valence-corrected chi connectivity index (χ4v) is 2.70. The zero-order chi connectivity index (χ0) is 8.44. The minimum atomic E-state index is -0.488. The van der Waals surface area contributed by atoms with Crippen LogP contribution < -0.4 is 0 Å². The van der Waals surface area contributed by atoms with Crippen LogP contribution in [0.25, 0.3) is 0 Å². The minimum absolute atomic E-state index is 0.488. The van der Waals surface area contributed by atoms with E-state index in [0.29, 0.717) is 0 Å². The van der Waals surface area contributed by atoms with Crippen LogP contribution >= 0.6 is 11.3 Å². The summed E-state index contributed by atoms with van der Waals surface area (Å²) in [5, 5.41) is 14.4. The first kappa shape index (κ1) is 8.27. The lowest BCUT2D eigenvalue weighted by Crippen LogP contribution is -2.27. The van der Waals surface area contributed by atoms with Crippen molar-refractivity contribution in [3.63, 3.8) is 0 Å². The number of aliphatic hydroxyl groups is 1. The molecule has 1 aromatic rings. The van der Waals surface area contributed by atoms with Crippen LogP contribution in [0.5, 0.6) is 0 Å². The molecule has 0 unspecified atom stereocenters. The maximum Gasteiger partial charge on any atom is 0.0904 e. The van der Waals surface area contributed by atoms with E-state index in [2.05, 4.69) is 11.4 Å². The molecule has 2 heteroatoms. The zero-order valence-electron chi connectivity index (χ0n) is 7.12. The van der Waals surface area contributed by atoms with Gasteiger partial charge >= 0.3 is 0 Å². The molecule has 0 radical (unpaired) electrons. The molecule has 0 spiro atoms. The second-order valence-corrected chi connectivity index (χ2v) is 4.38. The Morgan fingerprint density at radius 1 is 1.25 bits per heavy atom. The van der Waals surface area contributed by atoms with Gasteiger partial charge in [0.2, 0.25) is 0 Å². The van der Waals surface area contributed by atoms with E-state index in [0.717, 1.165) is 18.4 Å². The van der Waals surface area contributed by atoms with Gasteiger partial charge in [-0.05, 0) is 35.2 Å². The van der Waals surface area contributed by atoms with Gasteiger partial charge in [-0.3, -0.25) is 0 Å². The molecule has 1 aliphatic carbocycles. The lowest BCUT2D eigenvalue weighted by atomic mass is 9.81. The molecule has 0 aromatic carbocycles. The Kier molecular flexibility index (Phi) is 2.20. The first-order valence-corrected chi connectivity index (χ1v) is 5.51. The van der Waals surface area contributed by atoms with Crippen LogP contribution in [0.4, 0.5) is 0 Å². The molecule has 2 rings (SSSR count). The van der Waals surface area contributed by atoms with Crippen molar-refractivity contribution in [2.45, 2.75) is 37.7 Å². The highest BCUT2D eigenvalue weighted by atomic mass is 32.1. The second kappa shape index (κ2) is 3.19. The van der Waals surface area contributed by atoms with Gasteiger partial charge in [0, 0.05) is 0 Å². The Balaban J connectivity index is 2.19. The molecule has 0 saturated heterocycles. The molecule has 66 valence electrons. The smallest absolute Gasteiger partial charge is 0.0904 e. The van der Waals surface area contributed by atoms with Gasteiger partial charge in [0.1, 0.15) is 0 Å². The van der Waals surface area contributed by atoms with Gasteiger partial charge in [-0.15, -0.1) is 0 Å². The number of thiophene rings is 1. The van der Waals surface area contributed by atoms with E-state index in [9.17, 15) is 5.11 Å². The normalized spacial score (nSPS) is 22.4. The van der Waals surface area contributed by atoms with Crippen LogP contribution in [0.15, 0.2) is 16.8 Å². The number of hydrogen-bond acceptors (Lipinski definition) is 2. The summed E-state index contributed by atoms with van der Waals surface area (Å²) < 4.78 is 0. The summed E-state index contributed by atoms with van der Waals surface area (Å²) >= 11 is 1.67. The highest BCUT2D eigenvalue weighted by molar-refractivity contribution is 7.08. The van der Waals surface area contributed by atoms with E-state index >= 15 is 0 Å². The summed E-state index contributed by atoms with van der Waals surface area (Å²) in [5.41, 5.74) is 0.644. The van der Waals surface area contributed by atoms with E-state index < -0.39 is 5.60 Å². The predicted octanol–water partition coefficient (Wildman–Crippen LogP) is 2.90. The maximum absolute atomic E-state index is 10.2. The molecule has 0 bridgehead atoms. The van der Waals surface area contributed by atoms with Crippen LogP contribution in [0, 0.1) is 0 Å². The van der Waals surface area contributed by atoms with Crippen molar-refractivity contribution in [1.82, 2.24) is 0 Å². The summed E-state index contributed by atoms with van der Waals surface area (Å²) in [6.07, 6.45) is 5.53.